The molecule has 0 spiro atoms. The Kier molecular flexibility index (Phi) is 1.97. The van der Waals surface area contributed by atoms with Crippen LogP contribution in [0.3, 0.4) is 0 Å². The maximum atomic E-state index is 5.57. The van der Waals surface area contributed by atoms with Crippen LogP contribution in [0.15, 0.2) is 16.8 Å². The van der Waals surface area contributed by atoms with Crippen LogP contribution in [0.25, 0.3) is 11.4 Å². The Hall–Kier alpha value is -1.82. The SMILES string of the molecule is Nc1nc(-c2ccsc2)nc(N)c1N. The molecule has 0 saturated heterocycles. The van der Waals surface area contributed by atoms with Gasteiger partial charge in [-0.1, -0.05) is 0 Å². The van der Waals surface area contributed by atoms with E-state index < -0.39 is 0 Å². The third kappa shape index (κ3) is 1.35. The smallest absolute Gasteiger partial charge is 0.164 e. The lowest BCUT2D eigenvalue weighted by Crippen LogP contribution is -2.06. The normalized spacial score (nSPS) is 10.3. The first-order valence-corrected chi connectivity index (χ1v) is 4.84. The number of rotatable bonds is 1. The van der Waals surface area contributed by atoms with E-state index in [-0.39, 0.29) is 17.3 Å². The fourth-order valence-corrected chi connectivity index (χ4v) is 1.66. The number of hydrogen-bond acceptors (Lipinski definition) is 6. The summed E-state index contributed by atoms with van der Waals surface area (Å²) in [6.07, 6.45) is 0. The van der Waals surface area contributed by atoms with Crippen molar-refractivity contribution in [3.8, 4) is 11.4 Å². The molecule has 0 aliphatic rings. The van der Waals surface area contributed by atoms with Crippen molar-refractivity contribution in [2.45, 2.75) is 0 Å². The Balaban J connectivity index is 2.57. The van der Waals surface area contributed by atoms with Crippen LogP contribution in [-0.4, -0.2) is 9.97 Å². The largest absolute Gasteiger partial charge is 0.393 e. The monoisotopic (exact) mass is 207 g/mol. The number of nitrogen functional groups attached to an aromatic ring is 3. The molecule has 72 valence electrons. The van der Waals surface area contributed by atoms with Crippen molar-refractivity contribution >= 4 is 28.7 Å². The van der Waals surface area contributed by atoms with Gasteiger partial charge in [-0.05, 0) is 11.4 Å². The molecule has 0 aliphatic heterocycles. The van der Waals surface area contributed by atoms with E-state index in [0.717, 1.165) is 5.56 Å². The second-order valence-electron chi connectivity index (χ2n) is 2.74. The summed E-state index contributed by atoms with van der Waals surface area (Å²) in [5, 5.41) is 3.85. The molecule has 0 fully saturated rings. The lowest BCUT2D eigenvalue weighted by atomic mass is 10.3. The lowest BCUT2D eigenvalue weighted by Gasteiger charge is -2.04. The Labute approximate surface area is 84.6 Å². The van der Waals surface area contributed by atoms with Crippen molar-refractivity contribution in [3.05, 3.63) is 16.8 Å². The first kappa shape index (κ1) is 8.76. The second kappa shape index (κ2) is 3.15. The maximum Gasteiger partial charge on any atom is 0.164 e. The highest BCUT2D eigenvalue weighted by Gasteiger charge is 2.08. The van der Waals surface area contributed by atoms with E-state index in [9.17, 15) is 0 Å². The van der Waals surface area contributed by atoms with Crippen LogP contribution < -0.4 is 17.2 Å². The zero-order valence-electron chi connectivity index (χ0n) is 7.27. The average molecular weight is 207 g/mol. The van der Waals surface area contributed by atoms with Crippen molar-refractivity contribution in [1.29, 1.82) is 0 Å². The van der Waals surface area contributed by atoms with Crippen LogP contribution in [0, 0.1) is 0 Å². The van der Waals surface area contributed by atoms with Gasteiger partial charge in [-0.3, -0.25) is 0 Å². The van der Waals surface area contributed by atoms with Crippen molar-refractivity contribution < 1.29 is 0 Å². The van der Waals surface area contributed by atoms with E-state index in [1.807, 2.05) is 16.8 Å². The van der Waals surface area contributed by atoms with Crippen LogP contribution in [0.2, 0.25) is 0 Å². The van der Waals surface area contributed by atoms with Crippen LogP contribution in [0.1, 0.15) is 0 Å². The minimum Gasteiger partial charge on any atom is -0.393 e. The molecule has 0 saturated carbocycles. The molecule has 0 bridgehead atoms. The molecule has 2 aromatic heterocycles. The summed E-state index contributed by atoms with van der Waals surface area (Å²) in [5.74, 6) is 0.952. The lowest BCUT2D eigenvalue weighted by molar-refractivity contribution is 1.20. The number of anilines is 3. The first-order chi connectivity index (χ1) is 6.68. The molecule has 0 aliphatic carbocycles. The minimum absolute atomic E-state index is 0.221. The average Bonchev–Trinajstić information content (AvgIpc) is 2.66. The number of nitrogens with two attached hydrogens (primary N) is 3. The van der Waals surface area contributed by atoms with Crippen LogP contribution in [0.4, 0.5) is 17.3 Å². The summed E-state index contributed by atoms with van der Waals surface area (Å²) < 4.78 is 0. The van der Waals surface area contributed by atoms with Crippen LogP contribution >= 0.6 is 11.3 Å². The highest BCUT2D eigenvalue weighted by molar-refractivity contribution is 7.08. The van der Waals surface area contributed by atoms with Gasteiger partial charge in [-0.25, -0.2) is 9.97 Å². The van der Waals surface area contributed by atoms with Gasteiger partial charge < -0.3 is 17.2 Å². The number of thiophene rings is 1. The Morgan fingerprint density at radius 2 is 1.71 bits per heavy atom. The van der Waals surface area contributed by atoms with E-state index >= 15 is 0 Å². The van der Waals surface area contributed by atoms with E-state index in [1.165, 1.54) is 0 Å². The Morgan fingerprint density at radius 3 is 2.21 bits per heavy atom. The molecule has 2 aromatic rings. The highest BCUT2D eigenvalue weighted by atomic mass is 32.1. The molecule has 2 heterocycles. The molecular formula is C8H9N5S. The molecule has 0 unspecified atom stereocenters. The molecular weight excluding hydrogens is 198 g/mol. The third-order valence-corrected chi connectivity index (χ3v) is 2.47. The topological polar surface area (TPSA) is 104 Å². The fourth-order valence-electron chi connectivity index (χ4n) is 1.03. The molecule has 5 nitrogen and oxygen atoms in total. The van der Waals surface area contributed by atoms with Gasteiger partial charge in [0.25, 0.3) is 0 Å². The number of hydrogen-bond donors (Lipinski definition) is 3. The van der Waals surface area contributed by atoms with E-state index in [0.29, 0.717) is 5.82 Å². The quantitative estimate of drug-likeness (QED) is 0.646. The van der Waals surface area contributed by atoms with Gasteiger partial charge in [-0.2, -0.15) is 11.3 Å². The number of nitrogens with zero attached hydrogens (tertiary/aromatic N) is 2. The predicted octanol–water partition coefficient (Wildman–Crippen LogP) is 0.952. The molecule has 6 heteroatoms. The highest BCUT2D eigenvalue weighted by Crippen LogP contribution is 2.24. The molecule has 6 N–H and O–H groups in total. The summed E-state index contributed by atoms with van der Waals surface area (Å²) in [6, 6.07) is 1.90. The van der Waals surface area contributed by atoms with Gasteiger partial charge in [0.2, 0.25) is 0 Å². The zero-order chi connectivity index (χ0) is 10.1. The van der Waals surface area contributed by atoms with Crippen molar-refractivity contribution in [1.82, 2.24) is 9.97 Å². The van der Waals surface area contributed by atoms with Crippen molar-refractivity contribution in [2.24, 2.45) is 0 Å². The van der Waals surface area contributed by atoms with Gasteiger partial charge >= 0.3 is 0 Å². The maximum absolute atomic E-state index is 5.57. The van der Waals surface area contributed by atoms with Crippen molar-refractivity contribution in [2.75, 3.05) is 17.2 Å². The predicted molar refractivity (Wildman–Crippen MR) is 58.6 cm³/mol. The third-order valence-electron chi connectivity index (χ3n) is 1.78. The summed E-state index contributed by atoms with van der Waals surface area (Å²) in [7, 11) is 0. The van der Waals surface area contributed by atoms with Crippen LogP contribution in [-0.2, 0) is 0 Å². The van der Waals surface area contributed by atoms with Gasteiger partial charge in [0, 0.05) is 10.9 Å². The Morgan fingerprint density at radius 1 is 1.07 bits per heavy atom. The van der Waals surface area contributed by atoms with Gasteiger partial charge in [0.1, 0.15) is 5.69 Å². The van der Waals surface area contributed by atoms with Crippen LogP contribution in [0.5, 0.6) is 0 Å². The van der Waals surface area contributed by atoms with Gasteiger partial charge in [0.05, 0.1) is 0 Å². The van der Waals surface area contributed by atoms with E-state index in [1.54, 1.807) is 11.3 Å². The standard InChI is InChI=1S/C8H9N5S/c9-5-6(10)12-8(13-7(5)11)4-1-2-14-3-4/h1-3H,9H2,(H4,10,11,12,13). The summed E-state index contributed by atoms with van der Waals surface area (Å²) in [5.41, 5.74) is 17.8. The molecule has 0 radical (unpaired) electrons. The zero-order valence-corrected chi connectivity index (χ0v) is 8.08. The molecule has 0 aromatic carbocycles. The van der Waals surface area contributed by atoms with Gasteiger partial charge in [-0.15, -0.1) is 0 Å². The summed E-state index contributed by atoms with van der Waals surface area (Å²) >= 11 is 1.56. The van der Waals surface area contributed by atoms with E-state index in [4.69, 9.17) is 17.2 Å². The van der Waals surface area contributed by atoms with Gasteiger partial charge in [0.15, 0.2) is 17.5 Å². The minimum atomic E-state index is 0.221. The molecule has 2 rings (SSSR count). The second-order valence-corrected chi connectivity index (χ2v) is 3.52. The molecule has 14 heavy (non-hydrogen) atoms. The first-order valence-electron chi connectivity index (χ1n) is 3.89. The summed E-state index contributed by atoms with van der Waals surface area (Å²) in [4.78, 5) is 8.09. The Bertz CT molecular complexity index is 428. The molecule has 0 amide bonds. The van der Waals surface area contributed by atoms with E-state index in [2.05, 4.69) is 9.97 Å². The molecule has 0 atom stereocenters. The fraction of sp³-hybridized carbons (Fsp3) is 0. The number of aromatic nitrogens is 2. The summed E-state index contributed by atoms with van der Waals surface area (Å²) in [6.45, 7) is 0. The van der Waals surface area contributed by atoms with Crippen molar-refractivity contribution in [3.63, 3.8) is 0 Å².